The lowest BCUT2D eigenvalue weighted by molar-refractivity contribution is -0.106. The normalized spacial score (nSPS) is 23.3. The Morgan fingerprint density at radius 3 is 2.33 bits per heavy atom. The van der Waals surface area contributed by atoms with Gasteiger partial charge in [-0.05, 0) is 51.5 Å². The molecule has 0 saturated heterocycles. The first kappa shape index (κ1) is 15.5. The van der Waals surface area contributed by atoms with Crippen molar-refractivity contribution in [3.05, 3.63) is 0 Å². The predicted octanol–water partition coefficient (Wildman–Crippen LogP) is 3.36. The van der Waals surface area contributed by atoms with Crippen LogP contribution in [0, 0.1) is 17.8 Å². The molecule has 0 spiro atoms. The zero-order valence-corrected chi connectivity index (χ0v) is 12.5. The highest BCUT2D eigenvalue weighted by Crippen LogP contribution is 2.44. The third kappa shape index (κ3) is 3.73. The summed E-state index contributed by atoms with van der Waals surface area (Å²) in [4.78, 5) is 0. The molecule has 1 atom stereocenters. The van der Waals surface area contributed by atoms with Crippen LogP contribution in [0.4, 0.5) is 0 Å². The summed E-state index contributed by atoms with van der Waals surface area (Å²) < 4.78 is 6.18. The second kappa shape index (κ2) is 6.59. The highest BCUT2D eigenvalue weighted by molar-refractivity contribution is 5.00. The molecule has 18 heavy (non-hydrogen) atoms. The number of likely N-dealkylation sites (N-methyl/N-ethyl adjacent to an activating group) is 1. The molecule has 0 aromatic heterocycles. The fraction of sp³-hybridized carbons (Fsp3) is 0.875. The highest BCUT2D eigenvalue weighted by atomic mass is 16.5. The Hall–Kier alpha value is -0.520. The topological polar surface area (TPSA) is 21.3 Å². The summed E-state index contributed by atoms with van der Waals surface area (Å²) in [7, 11) is 2.03. The lowest BCUT2D eigenvalue weighted by Crippen LogP contribution is -2.54. The van der Waals surface area contributed by atoms with Crippen molar-refractivity contribution in [2.75, 3.05) is 13.7 Å². The van der Waals surface area contributed by atoms with Crippen LogP contribution in [0.3, 0.4) is 0 Å². The van der Waals surface area contributed by atoms with Gasteiger partial charge in [0.25, 0.3) is 0 Å². The van der Waals surface area contributed by atoms with Gasteiger partial charge in [-0.25, -0.2) is 0 Å². The van der Waals surface area contributed by atoms with Gasteiger partial charge in [0.2, 0.25) is 0 Å². The number of rotatable bonds is 6. The van der Waals surface area contributed by atoms with Crippen LogP contribution in [0.25, 0.3) is 0 Å². The molecule has 2 heteroatoms. The van der Waals surface area contributed by atoms with Gasteiger partial charge in [0.1, 0.15) is 0 Å². The van der Waals surface area contributed by atoms with Gasteiger partial charge in [-0.15, -0.1) is 12.3 Å². The van der Waals surface area contributed by atoms with E-state index in [2.05, 4.69) is 32.0 Å². The zero-order valence-electron chi connectivity index (χ0n) is 12.5. The average Bonchev–Trinajstić information content (AvgIpc) is 2.34. The van der Waals surface area contributed by atoms with Crippen molar-refractivity contribution >= 4 is 0 Å². The summed E-state index contributed by atoms with van der Waals surface area (Å²) in [5.41, 5.74) is 0.459. The Morgan fingerprint density at radius 1 is 1.28 bits per heavy atom. The number of nitrogens with one attached hydrogen (secondary N) is 1. The highest BCUT2D eigenvalue weighted by Gasteiger charge is 2.43. The fourth-order valence-electron chi connectivity index (χ4n) is 3.13. The molecule has 0 aromatic rings. The lowest BCUT2D eigenvalue weighted by Gasteiger charge is -2.47. The molecule has 1 rings (SSSR count). The second-order valence-corrected chi connectivity index (χ2v) is 6.25. The first-order chi connectivity index (χ1) is 8.49. The molecule has 0 aliphatic heterocycles. The first-order valence-electron chi connectivity index (χ1n) is 7.24. The monoisotopic (exact) mass is 251 g/mol. The Labute approximate surface area is 113 Å². The molecule has 1 aliphatic carbocycles. The van der Waals surface area contributed by atoms with Gasteiger partial charge < -0.3 is 10.1 Å². The molecule has 1 saturated carbocycles. The minimum Gasteiger partial charge on any atom is -0.374 e. The van der Waals surface area contributed by atoms with Gasteiger partial charge in [0, 0.05) is 19.1 Å². The maximum atomic E-state index is 6.18. The second-order valence-electron chi connectivity index (χ2n) is 6.25. The van der Waals surface area contributed by atoms with Crippen molar-refractivity contribution < 1.29 is 4.74 Å². The Kier molecular flexibility index (Phi) is 5.69. The average molecular weight is 251 g/mol. The lowest BCUT2D eigenvalue weighted by atomic mass is 9.68. The molecular weight excluding hydrogens is 222 g/mol. The number of terminal acetylenes is 1. The van der Waals surface area contributed by atoms with Gasteiger partial charge >= 0.3 is 0 Å². The van der Waals surface area contributed by atoms with Crippen molar-refractivity contribution in [3.63, 3.8) is 0 Å². The van der Waals surface area contributed by atoms with E-state index in [1.807, 2.05) is 7.05 Å². The van der Waals surface area contributed by atoms with Crippen LogP contribution >= 0.6 is 0 Å². The molecule has 1 unspecified atom stereocenters. The third-order valence-electron chi connectivity index (χ3n) is 4.44. The zero-order chi connectivity index (χ0) is 13.6. The van der Waals surface area contributed by atoms with Crippen LogP contribution in [0.2, 0.25) is 0 Å². The fourth-order valence-corrected chi connectivity index (χ4v) is 3.13. The smallest absolute Gasteiger partial charge is 0.0835 e. The molecule has 0 aromatic carbocycles. The Morgan fingerprint density at radius 2 is 1.89 bits per heavy atom. The molecule has 0 heterocycles. The molecule has 1 fully saturated rings. The number of ether oxygens (including phenoxy) is 1. The van der Waals surface area contributed by atoms with E-state index in [-0.39, 0.29) is 5.60 Å². The molecule has 0 bridgehead atoms. The summed E-state index contributed by atoms with van der Waals surface area (Å²) in [6.45, 7) is 7.60. The summed E-state index contributed by atoms with van der Waals surface area (Å²) >= 11 is 0. The molecule has 0 amide bonds. The SMILES string of the molecule is C#CCCC(NC)C1(OCC)CCC(C)(C)CC1. The van der Waals surface area contributed by atoms with Gasteiger partial charge in [-0.3, -0.25) is 0 Å². The van der Waals surface area contributed by atoms with Crippen LogP contribution in [0.1, 0.15) is 59.3 Å². The van der Waals surface area contributed by atoms with Crippen LogP contribution in [-0.4, -0.2) is 25.3 Å². The van der Waals surface area contributed by atoms with E-state index >= 15 is 0 Å². The quantitative estimate of drug-likeness (QED) is 0.731. The van der Waals surface area contributed by atoms with Crippen LogP contribution in [0.15, 0.2) is 0 Å². The van der Waals surface area contributed by atoms with Crippen molar-refractivity contribution in [2.24, 2.45) is 5.41 Å². The first-order valence-corrected chi connectivity index (χ1v) is 7.24. The van der Waals surface area contributed by atoms with Crippen molar-refractivity contribution in [2.45, 2.75) is 70.9 Å². The molecule has 2 nitrogen and oxygen atoms in total. The van der Waals surface area contributed by atoms with Crippen LogP contribution < -0.4 is 5.32 Å². The maximum Gasteiger partial charge on any atom is 0.0835 e. The van der Waals surface area contributed by atoms with Gasteiger partial charge in [-0.2, -0.15) is 0 Å². The van der Waals surface area contributed by atoms with E-state index in [9.17, 15) is 0 Å². The minimum absolute atomic E-state index is 0.00410. The van der Waals surface area contributed by atoms with Gasteiger partial charge in [-0.1, -0.05) is 13.8 Å². The maximum absolute atomic E-state index is 6.18. The molecule has 1 aliphatic rings. The van der Waals surface area contributed by atoms with E-state index in [4.69, 9.17) is 11.2 Å². The van der Waals surface area contributed by atoms with Crippen molar-refractivity contribution in [1.82, 2.24) is 5.32 Å². The molecule has 1 N–H and O–H groups in total. The summed E-state index contributed by atoms with van der Waals surface area (Å²) in [5.74, 6) is 2.75. The summed E-state index contributed by atoms with van der Waals surface area (Å²) in [6.07, 6.45) is 12.0. The van der Waals surface area contributed by atoms with Gasteiger partial charge in [0.05, 0.1) is 5.60 Å². The van der Waals surface area contributed by atoms with E-state index in [1.54, 1.807) is 0 Å². The summed E-state index contributed by atoms with van der Waals surface area (Å²) in [5, 5.41) is 3.44. The van der Waals surface area contributed by atoms with E-state index in [1.165, 1.54) is 12.8 Å². The standard InChI is InChI=1S/C16H29NO/c1-6-8-9-14(17-5)16(18-7-2)12-10-15(3,4)11-13-16/h1,14,17H,7-13H2,2-5H3. The Balaban J connectivity index is 2.76. The Bertz CT molecular complexity index is 280. The molecule has 0 radical (unpaired) electrons. The predicted molar refractivity (Wildman–Crippen MR) is 77.5 cm³/mol. The van der Waals surface area contributed by atoms with E-state index in [0.717, 1.165) is 32.3 Å². The molecular formula is C16H29NO. The van der Waals surface area contributed by atoms with E-state index in [0.29, 0.717) is 11.5 Å². The van der Waals surface area contributed by atoms with E-state index < -0.39 is 0 Å². The van der Waals surface area contributed by atoms with Crippen molar-refractivity contribution in [1.29, 1.82) is 0 Å². The summed E-state index contributed by atoms with van der Waals surface area (Å²) in [6, 6.07) is 0.379. The van der Waals surface area contributed by atoms with Crippen LogP contribution in [0.5, 0.6) is 0 Å². The third-order valence-corrected chi connectivity index (χ3v) is 4.44. The van der Waals surface area contributed by atoms with Crippen molar-refractivity contribution in [3.8, 4) is 12.3 Å². The minimum atomic E-state index is -0.00410. The molecule has 104 valence electrons. The largest absolute Gasteiger partial charge is 0.374 e. The van der Waals surface area contributed by atoms with Crippen LogP contribution in [-0.2, 0) is 4.74 Å². The number of hydrogen-bond acceptors (Lipinski definition) is 2. The van der Waals surface area contributed by atoms with Gasteiger partial charge in [0.15, 0.2) is 0 Å². The number of hydrogen-bond donors (Lipinski definition) is 1.